The molecule has 0 spiro atoms. The van der Waals surface area contributed by atoms with Gasteiger partial charge in [0.25, 0.3) is 0 Å². The lowest BCUT2D eigenvalue weighted by molar-refractivity contribution is -0.122. The molecule has 120 valence electrons. The zero-order chi connectivity index (χ0) is 15.9. The SMILES string of the molecule is CC(=O)N[C@H](CC(=O)NC[C@@H]1CCOC1)c1ccc(C)cc1. The van der Waals surface area contributed by atoms with Gasteiger partial charge < -0.3 is 15.4 Å². The van der Waals surface area contributed by atoms with Crippen LogP contribution in [0.3, 0.4) is 0 Å². The summed E-state index contributed by atoms with van der Waals surface area (Å²) < 4.78 is 5.30. The molecule has 1 aromatic rings. The molecule has 1 aromatic carbocycles. The summed E-state index contributed by atoms with van der Waals surface area (Å²) in [6.45, 7) is 5.61. The fourth-order valence-electron chi connectivity index (χ4n) is 2.56. The van der Waals surface area contributed by atoms with Crippen molar-refractivity contribution in [2.75, 3.05) is 19.8 Å². The molecular formula is C17H24N2O3. The Morgan fingerprint density at radius 2 is 2.05 bits per heavy atom. The second kappa shape index (κ2) is 7.94. The summed E-state index contributed by atoms with van der Waals surface area (Å²) in [5.74, 6) is 0.219. The third-order valence-corrected chi connectivity index (χ3v) is 3.86. The van der Waals surface area contributed by atoms with E-state index in [1.165, 1.54) is 6.92 Å². The minimum absolute atomic E-state index is 0.0498. The van der Waals surface area contributed by atoms with Crippen LogP contribution >= 0.6 is 0 Å². The van der Waals surface area contributed by atoms with Gasteiger partial charge in [-0.25, -0.2) is 0 Å². The Labute approximate surface area is 131 Å². The van der Waals surface area contributed by atoms with E-state index in [4.69, 9.17) is 4.74 Å². The summed E-state index contributed by atoms with van der Waals surface area (Å²) in [4.78, 5) is 23.5. The van der Waals surface area contributed by atoms with Crippen LogP contribution in [0.4, 0.5) is 0 Å². The van der Waals surface area contributed by atoms with Crippen LogP contribution in [0, 0.1) is 12.8 Å². The van der Waals surface area contributed by atoms with Crippen LogP contribution in [-0.2, 0) is 14.3 Å². The first-order valence-electron chi connectivity index (χ1n) is 7.72. The molecule has 5 heteroatoms. The maximum atomic E-state index is 12.1. The van der Waals surface area contributed by atoms with E-state index in [2.05, 4.69) is 10.6 Å². The summed E-state index contributed by atoms with van der Waals surface area (Å²) in [6.07, 6.45) is 1.24. The highest BCUT2D eigenvalue weighted by atomic mass is 16.5. The fourth-order valence-corrected chi connectivity index (χ4v) is 2.56. The van der Waals surface area contributed by atoms with Crippen molar-refractivity contribution in [2.45, 2.75) is 32.7 Å². The summed E-state index contributed by atoms with van der Waals surface area (Å²) >= 11 is 0. The number of hydrogen-bond donors (Lipinski definition) is 2. The summed E-state index contributed by atoms with van der Waals surface area (Å²) in [6, 6.07) is 7.58. The average molecular weight is 304 g/mol. The van der Waals surface area contributed by atoms with Gasteiger partial charge in [0, 0.05) is 26.0 Å². The number of carbonyl (C=O) groups is 2. The number of ether oxygens (including phenoxy) is 1. The molecular weight excluding hydrogens is 280 g/mol. The molecule has 0 bridgehead atoms. The molecule has 22 heavy (non-hydrogen) atoms. The molecule has 0 saturated carbocycles. The summed E-state index contributed by atoms with van der Waals surface area (Å²) in [5.41, 5.74) is 2.09. The minimum Gasteiger partial charge on any atom is -0.381 e. The van der Waals surface area contributed by atoms with Crippen molar-refractivity contribution in [3.63, 3.8) is 0 Å². The van der Waals surface area contributed by atoms with Gasteiger partial charge in [-0.3, -0.25) is 9.59 Å². The predicted octanol–water partition coefficient (Wildman–Crippen LogP) is 1.72. The van der Waals surface area contributed by atoms with Gasteiger partial charge in [-0.15, -0.1) is 0 Å². The van der Waals surface area contributed by atoms with Crippen LogP contribution in [0.5, 0.6) is 0 Å². The Morgan fingerprint density at radius 1 is 1.32 bits per heavy atom. The Morgan fingerprint density at radius 3 is 2.64 bits per heavy atom. The van der Waals surface area contributed by atoms with Gasteiger partial charge >= 0.3 is 0 Å². The molecule has 2 rings (SSSR count). The first kappa shape index (κ1) is 16.5. The van der Waals surface area contributed by atoms with Crippen LogP contribution < -0.4 is 10.6 Å². The van der Waals surface area contributed by atoms with E-state index in [-0.39, 0.29) is 24.3 Å². The molecule has 5 nitrogen and oxygen atoms in total. The van der Waals surface area contributed by atoms with Gasteiger partial charge in [0.1, 0.15) is 0 Å². The van der Waals surface area contributed by atoms with E-state index in [9.17, 15) is 9.59 Å². The van der Waals surface area contributed by atoms with Gasteiger partial charge in [0.05, 0.1) is 19.1 Å². The van der Waals surface area contributed by atoms with Gasteiger partial charge in [-0.2, -0.15) is 0 Å². The normalized spacial score (nSPS) is 18.7. The quantitative estimate of drug-likeness (QED) is 0.841. The molecule has 1 heterocycles. The van der Waals surface area contributed by atoms with Crippen LogP contribution in [0.25, 0.3) is 0 Å². The zero-order valence-electron chi connectivity index (χ0n) is 13.2. The van der Waals surface area contributed by atoms with Crippen molar-refractivity contribution in [2.24, 2.45) is 5.92 Å². The van der Waals surface area contributed by atoms with E-state index in [0.29, 0.717) is 19.1 Å². The highest BCUT2D eigenvalue weighted by Crippen LogP contribution is 2.18. The molecule has 0 aliphatic carbocycles. The molecule has 1 aliphatic heterocycles. The van der Waals surface area contributed by atoms with Crippen LogP contribution in [0.1, 0.15) is 36.9 Å². The minimum atomic E-state index is -0.294. The fraction of sp³-hybridized carbons (Fsp3) is 0.529. The van der Waals surface area contributed by atoms with Crippen molar-refractivity contribution in [1.29, 1.82) is 0 Å². The Bertz CT molecular complexity index is 507. The first-order valence-corrected chi connectivity index (χ1v) is 7.72. The lowest BCUT2D eigenvalue weighted by Crippen LogP contribution is -2.34. The van der Waals surface area contributed by atoms with Gasteiger partial charge in [-0.05, 0) is 18.9 Å². The second-order valence-corrected chi connectivity index (χ2v) is 5.90. The largest absolute Gasteiger partial charge is 0.381 e. The molecule has 2 atom stereocenters. The Balaban J connectivity index is 1.91. The summed E-state index contributed by atoms with van der Waals surface area (Å²) in [7, 11) is 0. The number of amides is 2. The second-order valence-electron chi connectivity index (χ2n) is 5.90. The number of carbonyl (C=O) groups excluding carboxylic acids is 2. The van der Waals surface area contributed by atoms with E-state index in [1.54, 1.807) is 0 Å². The molecule has 0 radical (unpaired) electrons. The standard InChI is InChI=1S/C17H24N2O3/c1-12-3-5-15(6-4-12)16(19-13(2)20)9-17(21)18-10-14-7-8-22-11-14/h3-6,14,16H,7-11H2,1-2H3,(H,18,21)(H,19,20)/t14-,16+/m0/s1. The van der Waals surface area contributed by atoms with E-state index in [1.807, 2.05) is 31.2 Å². The lowest BCUT2D eigenvalue weighted by atomic mass is 10.0. The van der Waals surface area contributed by atoms with Crippen molar-refractivity contribution < 1.29 is 14.3 Å². The third kappa shape index (κ3) is 5.15. The highest BCUT2D eigenvalue weighted by molar-refractivity contribution is 5.79. The van der Waals surface area contributed by atoms with Crippen molar-refractivity contribution in [3.8, 4) is 0 Å². The van der Waals surface area contributed by atoms with Crippen LogP contribution in [0.15, 0.2) is 24.3 Å². The van der Waals surface area contributed by atoms with Crippen LogP contribution in [-0.4, -0.2) is 31.6 Å². The summed E-state index contributed by atoms with van der Waals surface area (Å²) in [5, 5.41) is 5.79. The maximum absolute atomic E-state index is 12.1. The van der Waals surface area contributed by atoms with Gasteiger partial charge in [-0.1, -0.05) is 29.8 Å². The highest BCUT2D eigenvalue weighted by Gasteiger charge is 2.19. The third-order valence-electron chi connectivity index (χ3n) is 3.86. The van der Waals surface area contributed by atoms with Gasteiger partial charge in [0.2, 0.25) is 11.8 Å². The number of nitrogens with one attached hydrogen (secondary N) is 2. The van der Waals surface area contributed by atoms with Crippen LogP contribution in [0.2, 0.25) is 0 Å². The average Bonchev–Trinajstić information content (AvgIpc) is 2.98. The van der Waals surface area contributed by atoms with Crippen molar-refractivity contribution >= 4 is 11.8 Å². The monoisotopic (exact) mass is 304 g/mol. The molecule has 2 N–H and O–H groups in total. The Hall–Kier alpha value is -1.88. The zero-order valence-corrected chi connectivity index (χ0v) is 13.2. The van der Waals surface area contributed by atoms with E-state index in [0.717, 1.165) is 24.2 Å². The smallest absolute Gasteiger partial charge is 0.222 e. The number of rotatable bonds is 6. The van der Waals surface area contributed by atoms with Crippen molar-refractivity contribution in [3.05, 3.63) is 35.4 Å². The predicted molar refractivity (Wildman–Crippen MR) is 84.3 cm³/mol. The number of benzene rings is 1. The number of hydrogen-bond acceptors (Lipinski definition) is 3. The first-order chi connectivity index (χ1) is 10.5. The maximum Gasteiger partial charge on any atom is 0.222 e. The molecule has 1 aliphatic rings. The molecule has 1 saturated heterocycles. The molecule has 2 amide bonds. The number of aryl methyl sites for hydroxylation is 1. The van der Waals surface area contributed by atoms with Crippen molar-refractivity contribution in [1.82, 2.24) is 10.6 Å². The van der Waals surface area contributed by atoms with Gasteiger partial charge in [0.15, 0.2) is 0 Å². The van der Waals surface area contributed by atoms with E-state index < -0.39 is 0 Å². The topological polar surface area (TPSA) is 67.4 Å². The Kier molecular flexibility index (Phi) is 5.95. The lowest BCUT2D eigenvalue weighted by Gasteiger charge is -2.19. The van der Waals surface area contributed by atoms with E-state index >= 15 is 0 Å². The molecule has 0 aromatic heterocycles. The molecule has 0 unspecified atom stereocenters. The molecule has 1 fully saturated rings.